The number of benzene rings is 3. The van der Waals surface area contributed by atoms with Gasteiger partial charge >= 0.3 is 0 Å². The lowest BCUT2D eigenvalue weighted by Crippen LogP contribution is -2.22. The molecule has 0 N–H and O–H groups in total. The number of imidazole rings is 1. The lowest BCUT2D eigenvalue weighted by molar-refractivity contribution is 0.306. The van der Waals surface area contributed by atoms with Gasteiger partial charge in [-0.15, -0.1) is 0 Å². The summed E-state index contributed by atoms with van der Waals surface area (Å²) in [5, 5.41) is 0. The molecule has 2 aromatic heterocycles. The van der Waals surface area contributed by atoms with Gasteiger partial charge in [0.2, 0.25) is 0 Å². The first-order chi connectivity index (χ1) is 15.0. The van der Waals surface area contributed by atoms with E-state index in [0.29, 0.717) is 11.1 Å². The van der Waals surface area contributed by atoms with Crippen LogP contribution in [0, 0.1) is 13.8 Å². The van der Waals surface area contributed by atoms with Crippen LogP contribution in [0.1, 0.15) is 22.3 Å². The van der Waals surface area contributed by atoms with Gasteiger partial charge < -0.3 is 4.74 Å². The molecule has 31 heavy (non-hydrogen) atoms. The zero-order valence-electron chi connectivity index (χ0n) is 17.1. The van der Waals surface area contributed by atoms with Crippen molar-refractivity contribution in [3.8, 4) is 5.75 Å². The highest BCUT2D eigenvalue weighted by Gasteiger charge is 2.12. The average molecular weight is 491 g/mol. The Hall–Kier alpha value is -2.96. The van der Waals surface area contributed by atoms with E-state index in [9.17, 15) is 4.79 Å². The second-order valence-electron chi connectivity index (χ2n) is 7.55. The van der Waals surface area contributed by atoms with Crippen molar-refractivity contribution >= 4 is 49.3 Å². The first-order valence-electron chi connectivity index (χ1n) is 9.89. The van der Waals surface area contributed by atoms with Gasteiger partial charge in [0.25, 0.3) is 5.56 Å². The van der Waals surface area contributed by atoms with Crippen molar-refractivity contribution in [3.63, 3.8) is 0 Å². The molecule has 0 aliphatic rings. The van der Waals surface area contributed by atoms with Gasteiger partial charge in [0.15, 0.2) is 4.96 Å². The Balaban J connectivity index is 1.42. The summed E-state index contributed by atoms with van der Waals surface area (Å²) in [6.45, 7) is 4.62. The third-order valence-corrected chi connectivity index (χ3v) is 6.85. The SMILES string of the molecule is Cc1cc2nc3s/c(=C\c4ccc(OCc5ccc(Br)cc5)cc4)c(=O)n3c2cc1C. The van der Waals surface area contributed by atoms with Gasteiger partial charge in [0, 0.05) is 4.47 Å². The second kappa shape index (κ2) is 7.94. The highest BCUT2D eigenvalue weighted by molar-refractivity contribution is 9.10. The molecule has 0 aliphatic carbocycles. The van der Waals surface area contributed by atoms with Crippen LogP contribution >= 0.6 is 27.3 Å². The molecule has 4 nitrogen and oxygen atoms in total. The number of halogens is 1. The van der Waals surface area contributed by atoms with E-state index in [0.717, 1.165) is 42.9 Å². The minimum absolute atomic E-state index is 0.0266. The van der Waals surface area contributed by atoms with E-state index >= 15 is 0 Å². The van der Waals surface area contributed by atoms with Gasteiger partial charge in [-0.05, 0) is 78.6 Å². The van der Waals surface area contributed by atoms with Gasteiger partial charge in [-0.25, -0.2) is 9.38 Å². The fourth-order valence-corrected chi connectivity index (χ4v) is 4.73. The molecule has 2 heterocycles. The van der Waals surface area contributed by atoms with Crippen LogP contribution in [0.5, 0.6) is 5.75 Å². The molecular formula is C25H19BrN2O2S. The van der Waals surface area contributed by atoms with Crippen molar-refractivity contribution in [2.75, 3.05) is 0 Å². The van der Waals surface area contributed by atoms with Crippen LogP contribution in [0.4, 0.5) is 0 Å². The Morgan fingerprint density at radius 3 is 2.48 bits per heavy atom. The fraction of sp³-hybridized carbons (Fsp3) is 0.120. The molecule has 0 bridgehead atoms. The number of fused-ring (bicyclic) bond motifs is 3. The van der Waals surface area contributed by atoms with Crippen LogP contribution in [0.15, 0.2) is 69.9 Å². The fourth-order valence-electron chi connectivity index (χ4n) is 3.48. The van der Waals surface area contributed by atoms with E-state index in [-0.39, 0.29) is 5.56 Å². The Bertz CT molecular complexity index is 1520. The van der Waals surface area contributed by atoms with E-state index in [1.54, 1.807) is 4.40 Å². The third-order valence-electron chi connectivity index (χ3n) is 5.35. The Kier molecular flexibility index (Phi) is 5.12. The number of ether oxygens (including phenoxy) is 1. The summed E-state index contributed by atoms with van der Waals surface area (Å²) < 4.78 is 9.30. The van der Waals surface area contributed by atoms with E-state index < -0.39 is 0 Å². The number of aryl methyl sites for hydroxylation is 2. The number of thiazole rings is 1. The van der Waals surface area contributed by atoms with Crippen LogP contribution in [-0.2, 0) is 6.61 Å². The largest absolute Gasteiger partial charge is 0.489 e. The Morgan fingerprint density at radius 1 is 1.03 bits per heavy atom. The summed E-state index contributed by atoms with van der Waals surface area (Å²) in [6.07, 6.45) is 1.91. The molecule has 0 fully saturated rings. The summed E-state index contributed by atoms with van der Waals surface area (Å²) >= 11 is 4.85. The van der Waals surface area contributed by atoms with Crippen molar-refractivity contribution in [1.29, 1.82) is 0 Å². The van der Waals surface area contributed by atoms with Crippen LogP contribution in [0.3, 0.4) is 0 Å². The lowest BCUT2D eigenvalue weighted by atomic mass is 10.1. The van der Waals surface area contributed by atoms with Crippen molar-refractivity contribution in [3.05, 3.63) is 102 Å². The van der Waals surface area contributed by atoms with Crippen LogP contribution in [0.25, 0.3) is 22.1 Å². The summed E-state index contributed by atoms with van der Waals surface area (Å²) in [6, 6.07) is 19.9. The highest BCUT2D eigenvalue weighted by atomic mass is 79.9. The number of hydrogen-bond donors (Lipinski definition) is 0. The van der Waals surface area contributed by atoms with Crippen LogP contribution in [0.2, 0.25) is 0 Å². The maximum Gasteiger partial charge on any atom is 0.274 e. The molecule has 0 saturated carbocycles. The highest BCUT2D eigenvalue weighted by Crippen LogP contribution is 2.21. The molecule has 5 rings (SSSR count). The lowest BCUT2D eigenvalue weighted by Gasteiger charge is -2.06. The average Bonchev–Trinajstić information content (AvgIpc) is 3.25. The topological polar surface area (TPSA) is 43.6 Å². The first-order valence-corrected chi connectivity index (χ1v) is 11.5. The smallest absolute Gasteiger partial charge is 0.274 e. The predicted octanol–water partition coefficient (Wildman–Crippen LogP) is 5.42. The van der Waals surface area contributed by atoms with Crippen LogP contribution in [-0.4, -0.2) is 9.38 Å². The normalized spacial score (nSPS) is 12.2. The van der Waals surface area contributed by atoms with E-state index in [1.165, 1.54) is 16.9 Å². The zero-order chi connectivity index (χ0) is 21.5. The molecule has 0 unspecified atom stereocenters. The Morgan fingerprint density at radius 2 is 1.74 bits per heavy atom. The first kappa shape index (κ1) is 20.0. The molecule has 0 aliphatic heterocycles. The van der Waals surface area contributed by atoms with Crippen molar-refractivity contribution in [1.82, 2.24) is 9.38 Å². The van der Waals surface area contributed by atoms with Gasteiger partial charge in [0.1, 0.15) is 12.4 Å². The molecule has 0 atom stereocenters. The number of nitrogens with zero attached hydrogens (tertiary/aromatic N) is 2. The molecule has 0 amide bonds. The molecule has 6 heteroatoms. The molecule has 0 saturated heterocycles. The van der Waals surface area contributed by atoms with E-state index in [4.69, 9.17) is 4.74 Å². The minimum Gasteiger partial charge on any atom is -0.489 e. The summed E-state index contributed by atoms with van der Waals surface area (Å²) in [5.41, 5.74) is 6.11. The van der Waals surface area contributed by atoms with Gasteiger partial charge in [-0.3, -0.25) is 4.79 Å². The second-order valence-corrected chi connectivity index (χ2v) is 9.48. The molecule has 5 aromatic rings. The quantitative estimate of drug-likeness (QED) is 0.338. The molecule has 154 valence electrons. The summed E-state index contributed by atoms with van der Waals surface area (Å²) in [4.78, 5) is 18.4. The van der Waals surface area contributed by atoms with Gasteiger partial charge in [0.05, 0.1) is 15.6 Å². The van der Waals surface area contributed by atoms with Crippen molar-refractivity contribution in [2.24, 2.45) is 0 Å². The van der Waals surface area contributed by atoms with Crippen molar-refractivity contribution in [2.45, 2.75) is 20.5 Å². The molecular weight excluding hydrogens is 472 g/mol. The molecule has 0 radical (unpaired) electrons. The molecule has 0 spiro atoms. The number of rotatable bonds is 4. The maximum absolute atomic E-state index is 13.0. The zero-order valence-corrected chi connectivity index (χ0v) is 19.5. The van der Waals surface area contributed by atoms with Gasteiger partial charge in [-0.1, -0.05) is 51.5 Å². The standard InChI is InChI=1S/C25H19BrN2O2S/c1-15-11-21-22(12-16(15)2)28-24(29)23(31-25(28)27-21)13-17-5-9-20(10-6-17)30-14-18-3-7-19(26)8-4-18/h3-13H,14H2,1-2H3/b23-13-. The summed E-state index contributed by atoms with van der Waals surface area (Å²) in [7, 11) is 0. The van der Waals surface area contributed by atoms with Crippen LogP contribution < -0.4 is 14.8 Å². The monoisotopic (exact) mass is 490 g/mol. The maximum atomic E-state index is 13.0. The third kappa shape index (κ3) is 3.89. The predicted molar refractivity (Wildman–Crippen MR) is 130 cm³/mol. The number of aromatic nitrogens is 2. The number of hydrogen-bond acceptors (Lipinski definition) is 4. The van der Waals surface area contributed by atoms with E-state index in [2.05, 4.69) is 34.8 Å². The van der Waals surface area contributed by atoms with Crippen molar-refractivity contribution < 1.29 is 4.74 Å². The van der Waals surface area contributed by atoms with E-state index in [1.807, 2.05) is 66.7 Å². The van der Waals surface area contributed by atoms with Gasteiger partial charge in [-0.2, -0.15) is 0 Å². The molecule has 3 aromatic carbocycles. The Labute approximate surface area is 191 Å². The minimum atomic E-state index is -0.0266. The summed E-state index contributed by atoms with van der Waals surface area (Å²) in [5.74, 6) is 0.792.